The summed E-state index contributed by atoms with van der Waals surface area (Å²) >= 11 is 1.56. The molecule has 0 rings (SSSR count). The van der Waals surface area contributed by atoms with Crippen molar-refractivity contribution in [1.29, 1.82) is 0 Å². The van der Waals surface area contributed by atoms with E-state index in [9.17, 15) is 24.3 Å². The number of nitrogens with two attached hydrogens (primary N) is 5. The van der Waals surface area contributed by atoms with Crippen LogP contribution in [0.15, 0.2) is 4.99 Å². The Morgan fingerprint density at radius 2 is 1.24 bits per heavy atom. The predicted molar refractivity (Wildman–Crippen MR) is 150 cm³/mol. The van der Waals surface area contributed by atoms with E-state index in [0.29, 0.717) is 63.8 Å². The highest BCUT2D eigenvalue weighted by atomic mass is 32.2. The number of aliphatic imine (C=N–C) groups is 1. The van der Waals surface area contributed by atoms with Crippen LogP contribution in [-0.2, 0) is 19.2 Å². The first kappa shape index (κ1) is 35.4. The summed E-state index contributed by atoms with van der Waals surface area (Å²) in [4.78, 5) is 54.3. The van der Waals surface area contributed by atoms with E-state index >= 15 is 0 Å². The molecular formula is C23H47N9O5S. The quantitative estimate of drug-likeness (QED) is 0.0393. The average Bonchev–Trinajstić information content (AvgIpc) is 2.87. The molecule has 0 aromatic heterocycles. The molecule has 0 aliphatic rings. The molecule has 220 valence electrons. The summed E-state index contributed by atoms with van der Waals surface area (Å²) < 4.78 is 0. The van der Waals surface area contributed by atoms with Gasteiger partial charge >= 0.3 is 5.97 Å². The highest BCUT2D eigenvalue weighted by Crippen LogP contribution is 2.08. The minimum Gasteiger partial charge on any atom is -0.480 e. The summed E-state index contributed by atoms with van der Waals surface area (Å²) in [6.07, 6.45) is 5.70. The number of rotatable bonds is 22. The van der Waals surface area contributed by atoms with Gasteiger partial charge in [-0.25, -0.2) is 4.79 Å². The van der Waals surface area contributed by atoms with Gasteiger partial charge < -0.3 is 49.7 Å². The van der Waals surface area contributed by atoms with Crippen LogP contribution in [0.3, 0.4) is 0 Å². The molecule has 14 nitrogen and oxygen atoms in total. The molecule has 15 heteroatoms. The Kier molecular flexibility index (Phi) is 19.9. The third kappa shape index (κ3) is 16.3. The molecule has 0 aliphatic carbocycles. The molecule has 0 saturated heterocycles. The van der Waals surface area contributed by atoms with Gasteiger partial charge in [0.1, 0.15) is 18.1 Å². The van der Waals surface area contributed by atoms with Crippen molar-refractivity contribution in [3.8, 4) is 0 Å². The third-order valence-electron chi connectivity index (χ3n) is 5.69. The van der Waals surface area contributed by atoms with Gasteiger partial charge in [-0.15, -0.1) is 0 Å². The summed E-state index contributed by atoms with van der Waals surface area (Å²) in [5.74, 6) is -2.29. The van der Waals surface area contributed by atoms with Gasteiger partial charge in [-0.1, -0.05) is 0 Å². The minimum absolute atomic E-state index is 0.0903. The lowest BCUT2D eigenvalue weighted by atomic mass is 10.0. The van der Waals surface area contributed by atoms with Crippen molar-refractivity contribution in [3.05, 3.63) is 0 Å². The van der Waals surface area contributed by atoms with Crippen LogP contribution < -0.4 is 44.6 Å². The van der Waals surface area contributed by atoms with Crippen LogP contribution in [-0.4, -0.2) is 90.6 Å². The molecule has 0 aromatic carbocycles. The maximum Gasteiger partial charge on any atom is 0.326 e. The third-order valence-corrected chi connectivity index (χ3v) is 6.33. The van der Waals surface area contributed by atoms with Gasteiger partial charge in [-0.3, -0.25) is 19.4 Å². The molecule has 3 amide bonds. The van der Waals surface area contributed by atoms with Crippen LogP contribution in [0.25, 0.3) is 0 Å². The number of carbonyl (C=O) groups excluding carboxylic acids is 3. The van der Waals surface area contributed by atoms with Crippen molar-refractivity contribution in [2.75, 3.05) is 31.6 Å². The Morgan fingerprint density at radius 1 is 0.763 bits per heavy atom. The monoisotopic (exact) mass is 561 g/mol. The molecule has 0 spiro atoms. The first-order valence-corrected chi connectivity index (χ1v) is 14.3. The van der Waals surface area contributed by atoms with E-state index in [4.69, 9.17) is 28.7 Å². The number of carboxylic acid groups (broad SMARTS) is 1. The molecule has 4 unspecified atom stereocenters. The van der Waals surface area contributed by atoms with Gasteiger partial charge in [0.15, 0.2) is 5.96 Å². The summed E-state index contributed by atoms with van der Waals surface area (Å²) in [5.41, 5.74) is 27.7. The molecular weight excluding hydrogens is 514 g/mol. The fourth-order valence-corrected chi connectivity index (χ4v) is 3.97. The van der Waals surface area contributed by atoms with Crippen LogP contribution in [0, 0.1) is 0 Å². The summed E-state index contributed by atoms with van der Waals surface area (Å²) in [6, 6.07) is -3.91. The van der Waals surface area contributed by atoms with E-state index in [-0.39, 0.29) is 25.3 Å². The second-order valence-corrected chi connectivity index (χ2v) is 9.91. The SMILES string of the molecule is CSCCC(N)C(=O)NC(CCCCN)C(=O)NC(CCCCN)C(=O)NC(CCCN=C(N)N)C(=O)O. The van der Waals surface area contributed by atoms with Gasteiger partial charge in [0.05, 0.1) is 6.04 Å². The van der Waals surface area contributed by atoms with E-state index in [2.05, 4.69) is 20.9 Å². The van der Waals surface area contributed by atoms with E-state index in [1.54, 1.807) is 11.8 Å². The van der Waals surface area contributed by atoms with Crippen LogP contribution in [0.4, 0.5) is 0 Å². The first-order valence-electron chi connectivity index (χ1n) is 12.9. The van der Waals surface area contributed by atoms with Crippen LogP contribution in [0.1, 0.15) is 57.8 Å². The number of nitrogens with zero attached hydrogens (tertiary/aromatic N) is 1. The summed E-state index contributed by atoms with van der Waals surface area (Å²) in [7, 11) is 0. The Morgan fingerprint density at radius 3 is 1.68 bits per heavy atom. The van der Waals surface area contributed by atoms with Gasteiger partial charge in [0.25, 0.3) is 0 Å². The average molecular weight is 562 g/mol. The summed E-state index contributed by atoms with van der Waals surface area (Å²) in [5, 5.41) is 17.4. The van der Waals surface area contributed by atoms with Crippen LogP contribution in [0.5, 0.6) is 0 Å². The molecule has 4 atom stereocenters. The highest BCUT2D eigenvalue weighted by Gasteiger charge is 2.29. The number of amides is 3. The van der Waals surface area contributed by atoms with Crippen molar-refractivity contribution < 1.29 is 24.3 Å². The molecule has 0 heterocycles. The van der Waals surface area contributed by atoms with Crippen LogP contribution in [0.2, 0.25) is 0 Å². The molecule has 0 saturated carbocycles. The lowest BCUT2D eigenvalue weighted by Crippen LogP contribution is -2.57. The Labute approximate surface area is 229 Å². The molecule has 0 fully saturated rings. The second kappa shape index (κ2) is 21.3. The van der Waals surface area contributed by atoms with E-state index < -0.39 is 47.9 Å². The van der Waals surface area contributed by atoms with Crippen molar-refractivity contribution in [3.63, 3.8) is 0 Å². The van der Waals surface area contributed by atoms with Gasteiger partial charge in [-0.2, -0.15) is 11.8 Å². The van der Waals surface area contributed by atoms with E-state index in [1.165, 1.54) is 0 Å². The molecule has 38 heavy (non-hydrogen) atoms. The zero-order valence-electron chi connectivity index (χ0n) is 22.3. The van der Waals surface area contributed by atoms with Gasteiger partial charge in [0, 0.05) is 6.54 Å². The lowest BCUT2D eigenvalue weighted by molar-refractivity contribution is -0.142. The normalized spacial score (nSPS) is 14.0. The fourth-order valence-electron chi connectivity index (χ4n) is 3.48. The number of hydrogen-bond acceptors (Lipinski definition) is 9. The number of guanidine groups is 1. The maximum absolute atomic E-state index is 13.2. The van der Waals surface area contributed by atoms with Crippen molar-refractivity contribution in [1.82, 2.24) is 16.0 Å². The number of hydrogen-bond donors (Lipinski definition) is 9. The van der Waals surface area contributed by atoms with Gasteiger partial charge in [0.2, 0.25) is 17.7 Å². The number of thioether (sulfide) groups is 1. The second-order valence-electron chi connectivity index (χ2n) is 8.93. The lowest BCUT2D eigenvalue weighted by Gasteiger charge is -2.25. The number of aliphatic carboxylic acids is 1. The number of nitrogens with one attached hydrogen (secondary N) is 3. The smallest absolute Gasteiger partial charge is 0.326 e. The topological polar surface area (TPSA) is 267 Å². The summed E-state index contributed by atoms with van der Waals surface area (Å²) in [6.45, 7) is 1.04. The zero-order chi connectivity index (χ0) is 28.9. The van der Waals surface area contributed by atoms with Crippen molar-refractivity contribution in [2.45, 2.75) is 82.0 Å². The number of unbranched alkanes of at least 4 members (excludes halogenated alkanes) is 2. The van der Waals surface area contributed by atoms with Gasteiger partial charge in [-0.05, 0) is 82.9 Å². The molecule has 0 aliphatic heterocycles. The molecule has 0 bridgehead atoms. The first-order chi connectivity index (χ1) is 18.1. The Balaban J connectivity index is 5.48. The predicted octanol–water partition coefficient (Wildman–Crippen LogP) is -2.08. The molecule has 0 aromatic rings. The molecule has 14 N–H and O–H groups in total. The Bertz CT molecular complexity index is 753. The number of carboxylic acids is 1. The van der Waals surface area contributed by atoms with E-state index in [1.807, 2.05) is 6.26 Å². The zero-order valence-corrected chi connectivity index (χ0v) is 23.1. The standard InChI is InChI=1S/C23H47N9O5S/c1-38-14-10-15(26)19(33)30-16(7-2-4-11-24)20(34)31-17(8-3-5-12-25)21(35)32-18(22(36)37)9-6-13-29-23(27)28/h15-18H,2-14,24-26H2,1H3,(H,30,33)(H,31,34)(H,32,35)(H,36,37)(H4,27,28,29). The van der Waals surface area contributed by atoms with Crippen LogP contribution >= 0.6 is 11.8 Å². The Hall–Kier alpha value is -2.62. The van der Waals surface area contributed by atoms with Crippen molar-refractivity contribution >= 4 is 41.4 Å². The number of carbonyl (C=O) groups is 4. The van der Waals surface area contributed by atoms with Crippen molar-refractivity contribution in [2.24, 2.45) is 33.7 Å². The minimum atomic E-state index is -1.22. The maximum atomic E-state index is 13.2. The van der Waals surface area contributed by atoms with E-state index in [0.717, 1.165) is 0 Å². The largest absolute Gasteiger partial charge is 0.480 e. The molecule has 0 radical (unpaired) electrons. The highest BCUT2D eigenvalue weighted by molar-refractivity contribution is 7.98. The fraction of sp³-hybridized carbons (Fsp3) is 0.783.